The topological polar surface area (TPSA) is 78.2 Å². The maximum atomic E-state index is 12.9. The van der Waals surface area contributed by atoms with Crippen molar-refractivity contribution in [1.29, 1.82) is 5.26 Å². The van der Waals surface area contributed by atoms with Crippen molar-refractivity contribution in [3.8, 4) is 6.07 Å². The van der Waals surface area contributed by atoms with E-state index in [1.807, 2.05) is 0 Å². The molecule has 1 amide bonds. The zero-order chi connectivity index (χ0) is 13.9. The summed E-state index contributed by atoms with van der Waals surface area (Å²) in [5.74, 6) is -1.88. The lowest BCUT2D eigenvalue weighted by atomic mass is 10.2. The molecule has 0 saturated heterocycles. The Morgan fingerprint density at radius 3 is 2.67 bits per heavy atom. The molecule has 1 radical (unpaired) electrons. The molecule has 0 atom stereocenters. The average Bonchev–Trinajstić information content (AvgIpc) is 2.30. The van der Waals surface area contributed by atoms with Gasteiger partial charge in [0.1, 0.15) is 11.9 Å². The fourth-order valence-electron chi connectivity index (χ4n) is 1.36. The highest BCUT2D eigenvalue weighted by Crippen LogP contribution is 2.24. The lowest BCUT2D eigenvalue weighted by Crippen LogP contribution is -2.36. The van der Waals surface area contributed by atoms with Gasteiger partial charge in [0.2, 0.25) is 15.9 Å². The molecule has 0 aromatic heterocycles. The third-order valence-corrected chi connectivity index (χ3v) is 3.90. The Morgan fingerprint density at radius 1 is 1.61 bits per heavy atom. The molecular weight excluding hydrogens is 259 g/mol. The van der Waals surface area contributed by atoms with Crippen LogP contribution in [0.1, 0.15) is 19.4 Å². The van der Waals surface area contributed by atoms with Gasteiger partial charge in [0, 0.05) is 13.0 Å². The lowest BCUT2D eigenvalue weighted by Gasteiger charge is -2.20. The SMILES string of the molecule is CCS(=O)(=O)N(C(C)=O)c1c[c]c(F)cc1C#N. The Labute approximate surface area is 104 Å². The standard InChI is InChI=1S/C11H10FN2O3S/c1-3-18(16,17)14(8(2)15)11-5-4-10(12)6-9(11)7-13/h5-6H,3H2,1-2H3. The average molecular weight is 269 g/mol. The van der Waals surface area contributed by atoms with Gasteiger partial charge < -0.3 is 0 Å². The van der Waals surface area contributed by atoms with E-state index in [0.717, 1.165) is 19.1 Å². The molecule has 1 aromatic rings. The van der Waals surface area contributed by atoms with Crippen LogP contribution >= 0.6 is 0 Å². The summed E-state index contributed by atoms with van der Waals surface area (Å²) in [7, 11) is -3.87. The maximum Gasteiger partial charge on any atom is 0.241 e. The number of hydrogen-bond acceptors (Lipinski definition) is 4. The van der Waals surface area contributed by atoms with Crippen molar-refractivity contribution < 1.29 is 17.6 Å². The van der Waals surface area contributed by atoms with Crippen molar-refractivity contribution in [3.63, 3.8) is 0 Å². The number of carbonyl (C=O) groups excluding carboxylic acids is 1. The first kappa shape index (κ1) is 14.1. The highest BCUT2D eigenvalue weighted by atomic mass is 32.2. The van der Waals surface area contributed by atoms with Crippen LogP contribution in [-0.4, -0.2) is 20.1 Å². The zero-order valence-electron chi connectivity index (χ0n) is 9.77. The van der Waals surface area contributed by atoms with Crippen LogP contribution in [0.15, 0.2) is 12.1 Å². The number of carbonyl (C=O) groups is 1. The van der Waals surface area contributed by atoms with Crippen molar-refractivity contribution in [2.45, 2.75) is 13.8 Å². The molecule has 0 fully saturated rings. The molecule has 0 heterocycles. The summed E-state index contributed by atoms with van der Waals surface area (Å²) >= 11 is 0. The van der Waals surface area contributed by atoms with Crippen LogP contribution in [-0.2, 0) is 14.8 Å². The predicted molar refractivity (Wildman–Crippen MR) is 62.6 cm³/mol. The number of hydrogen-bond donors (Lipinski definition) is 0. The van der Waals surface area contributed by atoms with Crippen LogP contribution < -0.4 is 4.31 Å². The highest BCUT2D eigenvalue weighted by Gasteiger charge is 2.27. The molecule has 0 aliphatic heterocycles. The Balaban J connectivity index is 3.51. The van der Waals surface area contributed by atoms with Gasteiger partial charge in [0.15, 0.2) is 0 Å². The first-order valence-corrected chi connectivity index (χ1v) is 6.59. The van der Waals surface area contributed by atoms with Crippen molar-refractivity contribution in [1.82, 2.24) is 0 Å². The van der Waals surface area contributed by atoms with E-state index in [1.165, 1.54) is 6.92 Å². The minimum atomic E-state index is -3.87. The van der Waals surface area contributed by atoms with Gasteiger partial charge in [-0.3, -0.25) is 4.79 Å². The Morgan fingerprint density at radius 2 is 2.22 bits per heavy atom. The molecule has 0 bridgehead atoms. The largest absolute Gasteiger partial charge is 0.274 e. The molecule has 1 aromatic carbocycles. The number of amides is 1. The summed E-state index contributed by atoms with van der Waals surface area (Å²) in [6.45, 7) is 2.42. The molecule has 1 rings (SSSR count). The van der Waals surface area contributed by atoms with Crippen molar-refractivity contribution in [3.05, 3.63) is 29.6 Å². The van der Waals surface area contributed by atoms with Gasteiger partial charge in [-0.25, -0.2) is 17.1 Å². The first-order chi connectivity index (χ1) is 8.33. The summed E-state index contributed by atoms with van der Waals surface area (Å²) in [5, 5.41) is 8.85. The molecule has 0 saturated carbocycles. The number of sulfonamides is 1. The summed E-state index contributed by atoms with van der Waals surface area (Å²) < 4.78 is 37.0. The highest BCUT2D eigenvalue weighted by molar-refractivity contribution is 7.93. The van der Waals surface area contributed by atoms with Crippen LogP contribution in [0.5, 0.6) is 0 Å². The van der Waals surface area contributed by atoms with Crippen LogP contribution in [0.3, 0.4) is 0 Å². The third-order valence-electron chi connectivity index (χ3n) is 2.16. The third kappa shape index (κ3) is 2.65. The molecule has 5 nitrogen and oxygen atoms in total. The van der Waals surface area contributed by atoms with Gasteiger partial charge >= 0.3 is 0 Å². The Hall–Kier alpha value is -1.94. The summed E-state index contributed by atoms with van der Waals surface area (Å²) in [4.78, 5) is 11.4. The summed E-state index contributed by atoms with van der Waals surface area (Å²) in [6.07, 6.45) is 0. The fourth-order valence-corrected chi connectivity index (χ4v) is 2.46. The van der Waals surface area contributed by atoms with Crippen LogP contribution in [0.2, 0.25) is 0 Å². The molecule has 0 aliphatic carbocycles. The summed E-state index contributed by atoms with van der Waals surface area (Å²) in [5.41, 5.74) is -0.424. The lowest BCUT2D eigenvalue weighted by molar-refractivity contribution is -0.115. The van der Waals surface area contributed by atoms with Gasteiger partial charge in [-0.05, 0) is 19.1 Å². The monoisotopic (exact) mass is 269 g/mol. The molecule has 18 heavy (non-hydrogen) atoms. The van der Waals surface area contributed by atoms with Gasteiger partial charge in [-0.1, -0.05) is 0 Å². The van der Waals surface area contributed by atoms with E-state index < -0.39 is 21.7 Å². The number of anilines is 1. The number of nitrogens with zero attached hydrogens (tertiary/aromatic N) is 2. The minimum absolute atomic E-state index is 0.187. The molecular formula is C11H10FN2O3S. The Kier molecular flexibility index (Phi) is 4.03. The molecule has 0 spiro atoms. The van der Waals surface area contributed by atoms with E-state index >= 15 is 0 Å². The van der Waals surface area contributed by atoms with E-state index in [2.05, 4.69) is 6.07 Å². The van der Waals surface area contributed by atoms with Crippen LogP contribution in [0.4, 0.5) is 10.1 Å². The molecule has 95 valence electrons. The smallest absolute Gasteiger partial charge is 0.241 e. The fraction of sp³-hybridized carbons (Fsp3) is 0.273. The van der Waals surface area contributed by atoms with Crippen molar-refractivity contribution in [2.75, 3.05) is 10.1 Å². The zero-order valence-corrected chi connectivity index (χ0v) is 10.6. The normalized spacial score (nSPS) is 10.8. The van der Waals surface area contributed by atoms with Gasteiger partial charge in [0.05, 0.1) is 17.0 Å². The number of benzene rings is 1. The molecule has 7 heteroatoms. The second-order valence-electron chi connectivity index (χ2n) is 3.38. The number of halogens is 1. The molecule has 0 unspecified atom stereocenters. The minimum Gasteiger partial charge on any atom is -0.274 e. The van der Waals surface area contributed by atoms with Gasteiger partial charge in [-0.2, -0.15) is 5.26 Å². The van der Waals surface area contributed by atoms with E-state index in [0.29, 0.717) is 4.31 Å². The first-order valence-electron chi connectivity index (χ1n) is 4.98. The van der Waals surface area contributed by atoms with Gasteiger partial charge in [0.25, 0.3) is 0 Å². The number of rotatable bonds is 3. The second kappa shape index (κ2) is 5.14. The molecule has 0 aliphatic rings. The van der Waals surface area contributed by atoms with E-state index in [9.17, 15) is 17.6 Å². The van der Waals surface area contributed by atoms with Crippen molar-refractivity contribution >= 4 is 21.6 Å². The predicted octanol–water partition coefficient (Wildman–Crippen LogP) is 1.20. The maximum absolute atomic E-state index is 12.9. The van der Waals surface area contributed by atoms with Gasteiger partial charge in [-0.15, -0.1) is 0 Å². The quantitative estimate of drug-likeness (QED) is 0.826. The summed E-state index contributed by atoms with van der Waals surface area (Å²) in [6, 6.07) is 5.58. The van der Waals surface area contributed by atoms with Crippen LogP contribution in [0, 0.1) is 23.2 Å². The van der Waals surface area contributed by atoms with E-state index in [4.69, 9.17) is 5.26 Å². The second-order valence-corrected chi connectivity index (χ2v) is 5.48. The van der Waals surface area contributed by atoms with E-state index in [-0.39, 0.29) is 17.0 Å². The molecule has 0 N–H and O–H groups in total. The van der Waals surface area contributed by atoms with Crippen LogP contribution in [0.25, 0.3) is 0 Å². The van der Waals surface area contributed by atoms with E-state index in [1.54, 1.807) is 6.07 Å². The van der Waals surface area contributed by atoms with Crippen molar-refractivity contribution in [2.24, 2.45) is 0 Å². The Bertz CT molecular complexity index is 620. The number of nitriles is 1.